The first kappa shape index (κ1) is 17.1. The molecule has 1 N–H and O–H groups in total. The number of nitrogens with one attached hydrogen (secondary N) is 1. The van der Waals surface area contributed by atoms with Gasteiger partial charge in [0.25, 0.3) is 0 Å². The van der Waals surface area contributed by atoms with Gasteiger partial charge >= 0.3 is 0 Å². The lowest BCUT2D eigenvalue weighted by Crippen LogP contribution is -2.29. The molecule has 0 aromatic heterocycles. The molecule has 3 heteroatoms. The molecule has 0 spiro atoms. The van der Waals surface area contributed by atoms with Crippen LogP contribution in [-0.2, 0) is 11.3 Å². The van der Waals surface area contributed by atoms with Gasteiger partial charge in [-0.15, -0.1) is 0 Å². The summed E-state index contributed by atoms with van der Waals surface area (Å²) in [6.45, 7) is 2.68. The zero-order chi connectivity index (χ0) is 16.7. The van der Waals surface area contributed by atoms with Crippen LogP contribution in [0.1, 0.15) is 36.8 Å². The zero-order valence-corrected chi connectivity index (χ0v) is 14.3. The summed E-state index contributed by atoms with van der Waals surface area (Å²) >= 11 is 0. The van der Waals surface area contributed by atoms with E-state index in [-0.39, 0.29) is 11.8 Å². The maximum Gasteiger partial charge on any atom is 0.227 e. The van der Waals surface area contributed by atoms with Crippen LogP contribution in [0.3, 0.4) is 0 Å². The molecular weight excluding hydrogens is 284 g/mol. The molecule has 0 radical (unpaired) electrons. The molecule has 0 fully saturated rings. The Bertz CT molecular complexity index is 605. The smallest absolute Gasteiger partial charge is 0.227 e. The van der Waals surface area contributed by atoms with E-state index in [9.17, 15) is 4.79 Å². The van der Waals surface area contributed by atoms with Crippen LogP contribution in [-0.4, -0.2) is 20.0 Å². The highest BCUT2D eigenvalue weighted by atomic mass is 16.1. The molecule has 0 bridgehead atoms. The maximum absolute atomic E-state index is 12.6. The van der Waals surface area contributed by atoms with Crippen LogP contribution in [0, 0.1) is 0 Å². The number of hydrogen-bond donors (Lipinski definition) is 1. The van der Waals surface area contributed by atoms with Gasteiger partial charge in [0.05, 0.1) is 5.92 Å². The first-order valence-corrected chi connectivity index (χ1v) is 8.20. The van der Waals surface area contributed by atoms with Gasteiger partial charge in [0.15, 0.2) is 0 Å². The van der Waals surface area contributed by atoms with E-state index in [1.807, 2.05) is 44.4 Å². The molecule has 0 heterocycles. The fourth-order valence-corrected chi connectivity index (χ4v) is 2.65. The van der Waals surface area contributed by atoms with E-state index in [1.54, 1.807) is 0 Å². The zero-order valence-electron chi connectivity index (χ0n) is 14.3. The number of rotatable bonds is 7. The third-order valence-electron chi connectivity index (χ3n) is 4.02. The second-order valence-electron chi connectivity index (χ2n) is 6.03. The molecule has 1 atom stereocenters. The molecule has 3 nitrogen and oxygen atoms in total. The summed E-state index contributed by atoms with van der Waals surface area (Å²) in [5, 5.41) is 3.08. The van der Waals surface area contributed by atoms with Gasteiger partial charge in [-0.2, -0.15) is 0 Å². The van der Waals surface area contributed by atoms with Crippen molar-refractivity contribution in [3.05, 3.63) is 65.7 Å². The fourth-order valence-electron chi connectivity index (χ4n) is 2.65. The van der Waals surface area contributed by atoms with E-state index < -0.39 is 0 Å². The minimum absolute atomic E-state index is 0.0674. The molecule has 0 saturated heterocycles. The fraction of sp³-hybridized carbons (Fsp3) is 0.350. The normalized spacial score (nSPS) is 11.8. The SMILES string of the molecule is CCCC(C(=O)NCc1ccc(N(C)C)cc1)c1ccccc1. The summed E-state index contributed by atoms with van der Waals surface area (Å²) in [7, 11) is 4.04. The Hall–Kier alpha value is -2.29. The van der Waals surface area contributed by atoms with Gasteiger partial charge in [-0.05, 0) is 29.7 Å². The Kier molecular flexibility index (Phi) is 6.21. The number of amides is 1. The first-order chi connectivity index (χ1) is 11.1. The monoisotopic (exact) mass is 310 g/mol. The van der Waals surface area contributed by atoms with Crippen molar-refractivity contribution in [1.82, 2.24) is 5.32 Å². The maximum atomic E-state index is 12.6. The molecule has 0 aliphatic rings. The molecule has 2 aromatic carbocycles. The van der Waals surface area contributed by atoms with Crippen LogP contribution in [0.15, 0.2) is 54.6 Å². The Morgan fingerprint density at radius 2 is 1.70 bits per heavy atom. The third-order valence-corrected chi connectivity index (χ3v) is 4.02. The summed E-state index contributed by atoms with van der Waals surface area (Å²) in [6, 6.07) is 18.3. The van der Waals surface area contributed by atoms with Crippen molar-refractivity contribution in [2.75, 3.05) is 19.0 Å². The topological polar surface area (TPSA) is 32.3 Å². The number of benzene rings is 2. The third kappa shape index (κ3) is 4.85. The molecule has 0 saturated carbocycles. The number of carbonyl (C=O) groups is 1. The van der Waals surface area contributed by atoms with Gasteiger partial charge in [0, 0.05) is 26.3 Å². The van der Waals surface area contributed by atoms with Crippen LogP contribution < -0.4 is 10.2 Å². The molecule has 0 aliphatic carbocycles. The lowest BCUT2D eigenvalue weighted by molar-refractivity contribution is -0.122. The molecule has 1 amide bonds. The van der Waals surface area contributed by atoms with Crippen LogP contribution in [0.2, 0.25) is 0 Å². The minimum atomic E-state index is -0.0674. The van der Waals surface area contributed by atoms with Crippen molar-refractivity contribution in [2.24, 2.45) is 0 Å². The summed E-state index contributed by atoms with van der Waals surface area (Å²) in [5.41, 5.74) is 3.37. The van der Waals surface area contributed by atoms with Crippen molar-refractivity contribution in [2.45, 2.75) is 32.2 Å². The van der Waals surface area contributed by atoms with E-state index in [1.165, 1.54) is 0 Å². The van der Waals surface area contributed by atoms with E-state index in [0.29, 0.717) is 6.54 Å². The van der Waals surface area contributed by atoms with Crippen molar-refractivity contribution in [1.29, 1.82) is 0 Å². The number of nitrogens with zero attached hydrogens (tertiary/aromatic N) is 1. The van der Waals surface area contributed by atoms with E-state index in [4.69, 9.17) is 0 Å². The average molecular weight is 310 g/mol. The highest BCUT2D eigenvalue weighted by molar-refractivity contribution is 5.83. The van der Waals surface area contributed by atoms with Gasteiger partial charge in [-0.25, -0.2) is 0 Å². The predicted molar refractivity (Wildman–Crippen MR) is 96.7 cm³/mol. The Morgan fingerprint density at radius 3 is 2.26 bits per heavy atom. The molecule has 0 aliphatic heterocycles. The van der Waals surface area contributed by atoms with Crippen molar-refractivity contribution in [3.8, 4) is 0 Å². The largest absolute Gasteiger partial charge is 0.378 e. The number of anilines is 1. The quantitative estimate of drug-likeness (QED) is 0.840. The van der Waals surface area contributed by atoms with Crippen molar-refractivity contribution < 1.29 is 4.79 Å². The van der Waals surface area contributed by atoms with Crippen LogP contribution >= 0.6 is 0 Å². The standard InChI is InChI=1S/C20H26N2O/c1-4-8-19(17-9-6-5-7-10-17)20(23)21-15-16-11-13-18(14-12-16)22(2)3/h5-7,9-14,19H,4,8,15H2,1-3H3,(H,21,23). The lowest BCUT2D eigenvalue weighted by Gasteiger charge is -2.17. The highest BCUT2D eigenvalue weighted by Gasteiger charge is 2.19. The Morgan fingerprint density at radius 1 is 1.04 bits per heavy atom. The minimum Gasteiger partial charge on any atom is -0.378 e. The summed E-state index contributed by atoms with van der Waals surface area (Å²) in [6.07, 6.45) is 1.86. The average Bonchev–Trinajstić information content (AvgIpc) is 2.58. The van der Waals surface area contributed by atoms with Crippen LogP contribution in [0.25, 0.3) is 0 Å². The number of hydrogen-bond acceptors (Lipinski definition) is 2. The Balaban J connectivity index is 1.99. The molecule has 2 aromatic rings. The molecular formula is C20H26N2O. The number of carbonyl (C=O) groups excluding carboxylic acids is 1. The summed E-state index contributed by atoms with van der Waals surface area (Å²) in [4.78, 5) is 14.6. The predicted octanol–water partition coefficient (Wildman–Crippen LogP) is 3.95. The summed E-state index contributed by atoms with van der Waals surface area (Å²) < 4.78 is 0. The van der Waals surface area contributed by atoms with Crippen LogP contribution in [0.5, 0.6) is 0 Å². The van der Waals surface area contributed by atoms with Gasteiger partial charge in [-0.1, -0.05) is 55.8 Å². The Labute approximate surface area is 139 Å². The van der Waals surface area contributed by atoms with Gasteiger partial charge in [-0.3, -0.25) is 4.79 Å². The van der Waals surface area contributed by atoms with Gasteiger partial charge < -0.3 is 10.2 Å². The van der Waals surface area contributed by atoms with Gasteiger partial charge in [0.2, 0.25) is 5.91 Å². The molecule has 2 rings (SSSR count). The van der Waals surface area contributed by atoms with E-state index in [2.05, 4.69) is 41.4 Å². The van der Waals surface area contributed by atoms with E-state index in [0.717, 1.165) is 29.7 Å². The second kappa shape index (κ2) is 8.37. The lowest BCUT2D eigenvalue weighted by atomic mass is 9.93. The molecule has 23 heavy (non-hydrogen) atoms. The molecule has 1 unspecified atom stereocenters. The second-order valence-corrected chi connectivity index (χ2v) is 6.03. The van der Waals surface area contributed by atoms with Gasteiger partial charge in [0.1, 0.15) is 0 Å². The molecule has 122 valence electrons. The van der Waals surface area contributed by atoms with Crippen molar-refractivity contribution >= 4 is 11.6 Å². The first-order valence-electron chi connectivity index (χ1n) is 8.20. The summed E-state index contributed by atoms with van der Waals surface area (Å²) in [5.74, 6) is 0.0389. The van der Waals surface area contributed by atoms with Crippen molar-refractivity contribution in [3.63, 3.8) is 0 Å². The highest BCUT2D eigenvalue weighted by Crippen LogP contribution is 2.21. The van der Waals surface area contributed by atoms with E-state index >= 15 is 0 Å². The van der Waals surface area contributed by atoms with Crippen LogP contribution in [0.4, 0.5) is 5.69 Å².